The minimum Gasteiger partial charge on any atom is -0.275 e. The monoisotopic (exact) mass is 228 g/mol. The van der Waals surface area contributed by atoms with Gasteiger partial charge in [-0.2, -0.15) is 9.37 Å². The van der Waals surface area contributed by atoms with Crippen LogP contribution in [0.3, 0.4) is 0 Å². The van der Waals surface area contributed by atoms with E-state index in [1.165, 1.54) is 11.5 Å². The molecule has 0 saturated heterocycles. The molecule has 5 heteroatoms. The summed E-state index contributed by atoms with van der Waals surface area (Å²) in [7, 11) is 0. The van der Waals surface area contributed by atoms with Crippen LogP contribution in [0.25, 0.3) is 5.65 Å². The molecule has 0 unspecified atom stereocenters. The Morgan fingerprint density at radius 2 is 2.06 bits per heavy atom. The zero-order chi connectivity index (χ0) is 10.8. The van der Waals surface area contributed by atoms with E-state index in [1.807, 2.05) is 47.0 Å². The van der Waals surface area contributed by atoms with Crippen molar-refractivity contribution in [3.8, 4) is 0 Å². The van der Waals surface area contributed by atoms with Crippen LogP contribution in [0.15, 0.2) is 53.8 Å². The van der Waals surface area contributed by atoms with E-state index in [9.17, 15) is 0 Å². The van der Waals surface area contributed by atoms with Gasteiger partial charge in [0, 0.05) is 23.9 Å². The van der Waals surface area contributed by atoms with Gasteiger partial charge in [-0.3, -0.25) is 4.40 Å². The van der Waals surface area contributed by atoms with Crippen LogP contribution in [0.1, 0.15) is 0 Å². The van der Waals surface area contributed by atoms with Crippen LogP contribution in [-0.2, 0) is 0 Å². The molecule has 4 nitrogen and oxygen atoms in total. The summed E-state index contributed by atoms with van der Waals surface area (Å²) in [6.45, 7) is 0. The molecule has 0 fully saturated rings. The second-order valence-corrected chi connectivity index (χ2v) is 3.92. The first-order valence-corrected chi connectivity index (χ1v) is 5.60. The lowest BCUT2D eigenvalue weighted by Gasteiger charge is -1.91. The summed E-state index contributed by atoms with van der Waals surface area (Å²) < 4.78 is 6.24. The molecule has 0 amide bonds. The normalized spacial score (nSPS) is 12.1. The summed E-state index contributed by atoms with van der Waals surface area (Å²) >= 11 is 1.36. The number of aromatic nitrogens is 3. The lowest BCUT2D eigenvalue weighted by atomic mass is 10.5. The van der Waals surface area contributed by atoms with E-state index in [0.29, 0.717) is 5.82 Å². The fourth-order valence-electron chi connectivity index (χ4n) is 1.39. The molecule has 78 valence electrons. The molecule has 0 aromatic carbocycles. The van der Waals surface area contributed by atoms with Crippen molar-refractivity contribution in [1.29, 1.82) is 0 Å². The Morgan fingerprint density at radius 3 is 2.94 bits per heavy atom. The highest BCUT2D eigenvalue weighted by Crippen LogP contribution is 2.04. The summed E-state index contributed by atoms with van der Waals surface area (Å²) in [5.74, 6) is 0.699. The maximum Gasteiger partial charge on any atom is 0.215 e. The summed E-state index contributed by atoms with van der Waals surface area (Å²) in [4.78, 5) is 9.42. The van der Waals surface area contributed by atoms with Crippen molar-refractivity contribution in [2.24, 2.45) is 4.99 Å². The molecular formula is C11H8N4S. The zero-order valence-electron chi connectivity index (χ0n) is 8.32. The first kappa shape index (κ1) is 9.23. The van der Waals surface area contributed by atoms with Crippen LogP contribution in [0.5, 0.6) is 0 Å². The molecule has 0 N–H and O–H groups in total. The molecule has 3 rings (SSSR count). The second-order valence-electron chi connectivity index (χ2n) is 3.19. The minimum absolute atomic E-state index is 0.699. The largest absolute Gasteiger partial charge is 0.275 e. The molecule has 0 saturated carbocycles. The lowest BCUT2D eigenvalue weighted by Crippen LogP contribution is -2.04. The second kappa shape index (κ2) is 3.86. The fraction of sp³-hybridized carbons (Fsp3) is 0. The molecule has 0 aliphatic rings. The van der Waals surface area contributed by atoms with Crippen LogP contribution < -0.4 is 4.80 Å². The van der Waals surface area contributed by atoms with Crippen molar-refractivity contribution in [2.75, 3.05) is 0 Å². The van der Waals surface area contributed by atoms with Gasteiger partial charge in [0.05, 0.1) is 0 Å². The number of nitrogens with zero attached hydrogens (tertiary/aromatic N) is 4. The summed E-state index contributed by atoms with van der Waals surface area (Å²) in [6.07, 6.45) is 3.67. The first-order valence-electron chi connectivity index (χ1n) is 4.82. The van der Waals surface area contributed by atoms with E-state index >= 15 is 0 Å². The van der Waals surface area contributed by atoms with Gasteiger partial charge >= 0.3 is 0 Å². The third kappa shape index (κ3) is 1.61. The molecule has 3 aromatic rings. The molecular weight excluding hydrogens is 220 g/mol. The van der Waals surface area contributed by atoms with Gasteiger partial charge in [-0.25, -0.2) is 4.98 Å². The number of hydrogen-bond acceptors (Lipinski definition) is 4. The molecule has 16 heavy (non-hydrogen) atoms. The van der Waals surface area contributed by atoms with Crippen LogP contribution in [0.4, 0.5) is 5.82 Å². The van der Waals surface area contributed by atoms with Crippen LogP contribution in [-0.4, -0.2) is 13.8 Å². The first-order chi connectivity index (χ1) is 7.93. The van der Waals surface area contributed by atoms with Gasteiger partial charge in [0.25, 0.3) is 0 Å². The van der Waals surface area contributed by atoms with Gasteiger partial charge < -0.3 is 0 Å². The molecule has 0 bridgehead atoms. The highest BCUT2D eigenvalue weighted by atomic mass is 32.1. The SMILES string of the molecule is c1ccc(N=c2snc3ccccn23)nc1. The third-order valence-electron chi connectivity index (χ3n) is 2.12. The molecule has 0 aliphatic heterocycles. The van der Waals surface area contributed by atoms with Crippen molar-refractivity contribution in [2.45, 2.75) is 0 Å². The fourth-order valence-corrected chi connectivity index (χ4v) is 2.09. The Hall–Kier alpha value is -2.01. The van der Waals surface area contributed by atoms with Crippen molar-refractivity contribution < 1.29 is 0 Å². The Bertz CT molecular complexity index is 669. The summed E-state index contributed by atoms with van der Waals surface area (Å²) in [6, 6.07) is 11.5. The number of hydrogen-bond donors (Lipinski definition) is 0. The van der Waals surface area contributed by atoms with Gasteiger partial charge in [0.2, 0.25) is 4.80 Å². The maximum atomic E-state index is 4.44. The van der Waals surface area contributed by atoms with Crippen molar-refractivity contribution in [3.05, 3.63) is 53.6 Å². The highest BCUT2D eigenvalue weighted by Gasteiger charge is 1.97. The standard InChI is InChI=1S/C11H8N4S/c1-3-7-12-9(5-1)13-11-15-8-4-2-6-10(15)14-16-11/h1-8H. The summed E-state index contributed by atoms with van der Waals surface area (Å²) in [5, 5.41) is 0. The number of fused-ring (bicyclic) bond motifs is 1. The van der Waals surface area contributed by atoms with Crippen LogP contribution in [0, 0.1) is 0 Å². The van der Waals surface area contributed by atoms with Gasteiger partial charge in [-0.15, -0.1) is 0 Å². The Balaban J connectivity index is 2.23. The molecule has 0 spiro atoms. The zero-order valence-corrected chi connectivity index (χ0v) is 9.13. The predicted octanol–water partition coefficient (Wildman–Crippen LogP) is 2.02. The molecule has 3 heterocycles. The average molecular weight is 228 g/mol. The van der Waals surface area contributed by atoms with Gasteiger partial charge in [0.15, 0.2) is 11.5 Å². The topological polar surface area (TPSA) is 42.5 Å². The van der Waals surface area contributed by atoms with E-state index in [2.05, 4.69) is 14.3 Å². The van der Waals surface area contributed by atoms with E-state index < -0.39 is 0 Å². The minimum atomic E-state index is 0.699. The molecule has 0 atom stereocenters. The van der Waals surface area contributed by atoms with E-state index in [1.54, 1.807) is 6.20 Å². The molecule has 3 aromatic heterocycles. The number of rotatable bonds is 1. The van der Waals surface area contributed by atoms with Crippen molar-refractivity contribution in [3.63, 3.8) is 0 Å². The Kier molecular flexibility index (Phi) is 2.23. The lowest BCUT2D eigenvalue weighted by molar-refractivity contribution is 1.07. The quantitative estimate of drug-likeness (QED) is 0.639. The van der Waals surface area contributed by atoms with Crippen LogP contribution >= 0.6 is 11.5 Å². The van der Waals surface area contributed by atoms with Gasteiger partial charge in [0.1, 0.15) is 0 Å². The molecule has 0 radical (unpaired) electrons. The van der Waals surface area contributed by atoms with Crippen molar-refractivity contribution in [1.82, 2.24) is 13.8 Å². The van der Waals surface area contributed by atoms with E-state index in [0.717, 1.165) is 10.4 Å². The highest BCUT2D eigenvalue weighted by molar-refractivity contribution is 7.03. The molecule has 0 aliphatic carbocycles. The number of pyridine rings is 2. The van der Waals surface area contributed by atoms with Gasteiger partial charge in [-0.1, -0.05) is 12.1 Å². The summed E-state index contributed by atoms with van der Waals surface area (Å²) in [5.41, 5.74) is 0.905. The van der Waals surface area contributed by atoms with E-state index in [4.69, 9.17) is 0 Å². The predicted molar refractivity (Wildman–Crippen MR) is 62.5 cm³/mol. The Morgan fingerprint density at radius 1 is 1.12 bits per heavy atom. The average Bonchev–Trinajstić information content (AvgIpc) is 2.74. The maximum absolute atomic E-state index is 4.44. The van der Waals surface area contributed by atoms with Crippen molar-refractivity contribution >= 4 is 23.0 Å². The van der Waals surface area contributed by atoms with Crippen LogP contribution in [0.2, 0.25) is 0 Å². The Labute approximate surface area is 95.7 Å². The van der Waals surface area contributed by atoms with E-state index in [-0.39, 0.29) is 0 Å². The van der Waals surface area contributed by atoms with Gasteiger partial charge in [-0.05, 0) is 24.3 Å². The third-order valence-corrected chi connectivity index (χ3v) is 2.85. The smallest absolute Gasteiger partial charge is 0.215 e.